The van der Waals surface area contributed by atoms with Crippen LogP contribution in [0.2, 0.25) is 0 Å². The zero-order chi connectivity index (χ0) is 11.2. The Bertz CT molecular complexity index is 387. The molecule has 4 heteroatoms. The van der Waals surface area contributed by atoms with Crippen LogP contribution in [0.3, 0.4) is 0 Å². The normalized spacial score (nSPS) is 15.6. The van der Waals surface area contributed by atoms with Gasteiger partial charge in [0.25, 0.3) is 11.9 Å². The van der Waals surface area contributed by atoms with Crippen LogP contribution in [0.15, 0.2) is 35.3 Å². The Hall–Kier alpha value is -1.84. The Morgan fingerprint density at radius 3 is 2.88 bits per heavy atom. The second-order valence-corrected chi connectivity index (χ2v) is 3.56. The van der Waals surface area contributed by atoms with Gasteiger partial charge in [-0.05, 0) is 25.0 Å². The molecule has 1 aliphatic rings. The van der Waals surface area contributed by atoms with E-state index in [1.807, 2.05) is 18.2 Å². The molecule has 0 saturated heterocycles. The Morgan fingerprint density at radius 2 is 2.06 bits per heavy atom. The highest BCUT2D eigenvalue weighted by atomic mass is 16.5. The standard InChI is InChI=1S/C12H14N2O2/c15-11(10-6-2-1-3-7-10)14-12-13-8-4-5-9-16-12/h1-3,6-7H,4-5,8-9H2,(H,13,14,15). The van der Waals surface area contributed by atoms with Crippen molar-refractivity contribution in [3.8, 4) is 0 Å². The lowest BCUT2D eigenvalue weighted by molar-refractivity contribution is 0.0966. The Morgan fingerprint density at radius 1 is 1.25 bits per heavy atom. The van der Waals surface area contributed by atoms with Crippen LogP contribution in [0.1, 0.15) is 23.2 Å². The van der Waals surface area contributed by atoms with Crippen LogP contribution in [0, 0.1) is 0 Å². The molecule has 1 aromatic rings. The lowest BCUT2D eigenvalue weighted by Crippen LogP contribution is -2.32. The molecule has 1 amide bonds. The van der Waals surface area contributed by atoms with Crippen molar-refractivity contribution in [2.75, 3.05) is 13.2 Å². The molecule has 1 aromatic carbocycles. The van der Waals surface area contributed by atoms with Crippen molar-refractivity contribution in [3.63, 3.8) is 0 Å². The first-order chi connectivity index (χ1) is 7.86. The van der Waals surface area contributed by atoms with E-state index in [1.54, 1.807) is 12.1 Å². The van der Waals surface area contributed by atoms with Crippen LogP contribution in [-0.2, 0) is 4.74 Å². The Labute approximate surface area is 94.3 Å². The molecule has 16 heavy (non-hydrogen) atoms. The molecule has 0 bridgehead atoms. The first-order valence-electron chi connectivity index (χ1n) is 5.40. The van der Waals surface area contributed by atoms with Gasteiger partial charge in [0.15, 0.2) is 0 Å². The van der Waals surface area contributed by atoms with E-state index in [0.717, 1.165) is 12.8 Å². The van der Waals surface area contributed by atoms with Gasteiger partial charge < -0.3 is 4.74 Å². The summed E-state index contributed by atoms with van der Waals surface area (Å²) < 4.78 is 5.31. The minimum absolute atomic E-state index is 0.179. The first kappa shape index (κ1) is 10.7. The third kappa shape index (κ3) is 2.82. The highest BCUT2D eigenvalue weighted by molar-refractivity contribution is 6.04. The zero-order valence-corrected chi connectivity index (χ0v) is 8.98. The molecule has 0 atom stereocenters. The van der Waals surface area contributed by atoms with Gasteiger partial charge in [0.1, 0.15) is 0 Å². The topological polar surface area (TPSA) is 50.7 Å². The smallest absolute Gasteiger partial charge is 0.291 e. The summed E-state index contributed by atoms with van der Waals surface area (Å²) >= 11 is 0. The molecule has 1 aliphatic heterocycles. The lowest BCUT2D eigenvalue weighted by atomic mass is 10.2. The van der Waals surface area contributed by atoms with Crippen LogP contribution in [0.25, 0.3) is 0 Å². The van der Waals surface area contributed by atoms with E-state index in [4.69, 9.17) is 4.74 Å². The number of amidine groups is 1. The predicted molar refractivity (Wildman–Crippen MR) is 61.4 cm³/mol. The summed E-state index contributed by atoms with van der Waals surface area (Å²) in [6, 6.07) is 9.37. The number of amides is 1. The van der Waals surface area contributed by atoms with Crippen molar-refractivity contribution in [3.05, 3.63) is 35.9 Å². The van der Waals surface area contributed by atoms with E-state index in [-0.39, 0.29) is 5.91 Å². The van der Waals surface area contributed by atoms with E-state index < -0.39 is 0 Å². The quantitative estimate of drug-likeness (QED) is 0.778. The monoisotopic (exact) mass is 218 g/mol. The number of rotatable bonds is 1. The van der Waals surface area contributed by atoms with Crippen LogP contribution >= 0.6 is 0 Å². The van der Waals surface area contributed by atoms with Crippen molar-refractivity contribution < 1.29 is 9.53 Å². The fraction of sp³-hybridized carbons (Fsp3) is 0.333. The molecule has 84 valence electrons. The minimum Gasteiger partial charge on any atom is -0.465 e. The maximum Gasteiger partial charge on any atom is 0.291 e. The second kappa shape index (κ2) is 5.30. The molecule has 0 aromatic heterocycles. The van der Waals surface area contributed by atoms with Gasteiger partial charge in [-0.25, -0.2) is 4.99 Å². The van der Waals surface area contributed by atoms with Crippen LogP contribution < -0.4 is 5.32 Å². The summed E-state index contributed by atoms with van der Waals surface area (Å²) in [6.45, 7) is 1.33. The summed E-state index contributed by atoms with van der Waals surface area (Å²) in [5.41, 5.74) is 0.609. The van der Waals surface area contributed by atoms with Gasteiger partial charge in [-0.1, -0.05) is 18.2 Å². The largest absolute Gasteiger partial charge is 0.465 e. The first-order valence-corrected chi connectivity index (χ1v) is 5.40. The van der Waals surface area contributed by atoms with Crippen LogP contribution in [0.4, 0.5) is 0 Å². The number of nitrogens with one attached hydrogen (secondary N) is 1. The molecule has 1 N–H and O–H groups in total. The summed E-state index contributed by atoms with van der Waals surface area (Å²) in [5.74, 6) is -0.179. The number of carbonyl (C=O) groups is 1. The molecule has 1 heterocycles. The van der Waals surface area contributed by atoms with E-state index >= 15 is 0 Å². The molecular weight excluding hydrogens is 204 g/mol. The number of nitrogens with zero attached hydrogens (tertiary/aromatic N) is 1. The van der Waals surface area contributed by atoms with Gasteiger partial charge in [0.2, 0.25) is 0 Å². The number of benzene rings is 1. The van der Waals surface area contributed by atoms with E-state index in [1.165, 1.54) is 0 Å². The van der Waals surface area contributed by atoms with Gasteiger partial charge in [-0.15, -0.1) is 0 Å². The Kier molecular flexibility index (Phi) is 3.53. The average Bonchev–Trinajstić information content (AvgIpc) is 2.59. The molecule has 0 aliphatic carbocycles. The van der Waals surface area contributed by atoms with Crippen LogP contribution in [0.5, 0.6) is 0 Å². The van der Waals surface area contributed by atoms with Crippen LogP contribution in [-0.4, -0.2) is 25.1 Å². The van der Waals surface area contributed by atoms with Gasteiger partial charge in [0, 0.05) is 12.1 Å². The third-order valence-electron chi connectivity index (χ3n) is 2.30. The number of hydrogen-bond donors (Lipinski definition) is 1. The van der Waals surface area contributed by atoms with Crippen molar-refractivity contribution in [2.24, 2.45) is 4.99 Å². The maximum absolute atomic E-state index is 11.8. The SMILES string of the molecule is O=C(NC1=NCCCCO1)c1ccccc1. The highest BCUT2D eigenvalue weighted by Crippen LogP contribution is 2.01. The molecular formula is C12H14N2O2. The number of carbonyl (C=O) groups excluding carboxylic acids is 1. The lowest BCUT2D eigenvalue weighted by Gasteiger charge is -2.07. The molecule has 0 fully saturated rings. The van der Waals surface area contributed by atoms with E-state index in [0.29, 0.717) is 24.7 Å². The number of aliphatic imine (C=N–C) groups is 1. The molecule has 4 nitrogen and oxygen atoms in total. The summed E-state index contributed by atoms with van der Waals surface area (Å²) in [6.07, 6.45) is 1.99. The fourth-order valence-electron chi connectivity index (χ4n) is 1.44. The van der Waals surface area contributed by atoms with Gasteiger partial charge in [-0.2, -0.15) is 0 Å². The summed E-state index contributed by atoms with van der Waals surface area (Å²) in [5, 5.41) is 2.66. The third-order valence-corrected chi connectivity index (χ3v) is 2.30. The Balaban J connectivity index is 1.99. The average molecular weight is 218 g/mol. The van der Waals surface area contributed by atoms with E-state index in [2.05, 4.69) is 10.3 Å². The van der Waals surface area contributed by atoms with Gasteiger partial charge in [-0.3, -0.25) is 10.1 Å². The number of hydrogen-bond acceptors (Lipinski definition) is 3. The molecule has 2 rings (SSSR count). The van der Waals surface area contributed by atoms with Gasteiger partial charge >= 0.3 is 0 Å². The molecule has 0 saturated carbocycles. The van der Waals surface area contributed by atoms with Gasteiger partial charge in [0.05, 0.1) is 6.61 Å². The highest BCUT2D eigenvalue weighted by Gasteiger charge is 2.10. The van der Waals surface area contributed by atoms with Crippen molar-refractivity contribution in [1.82, 2.24) is 5.32 Å². The summed E-state index contributed by atoms with van der Waals surface area (Å²) in [4.78, 5) is 15.9. The molecule has 0 unspecified atom stereocenters. The van der Waals surface area contributed by atoms with Crippen molar-refractivity contribution >= 4 is 11.9 Å². The molecule has 0 radical (unpaired) electrons. The van der Waals surface area contributed by atoms with Crippen molar-refractivity contribution in [1.29, 1.82) is 0 Å². The fourth-order valence-corrected chi connectivity index (χ4v) is 1.44. The van der Waals surface area contributed by atoms with Crippen molar-refractivity contribution in [2.45, 2.75) is 12.8 Å². The minimum atomic E-state index is -0.179. The predicted octanol–water partition coefficient (Wildman–Crippen LogP) is 1.58. The maximum atomic E-state index is 11.8. The summed E-state index contributed by atoms with van der Waals surface area (Å²) in [7, 11) is 0. The second-order valence-electron chi connectivity index (χ2n) is 3.56. The molecule has 0 spiro atoms. The van der Waals surface area contributed by atoms with E-state index in [9.17, 15) is 4.79 Å². The number of ether oxygens (including phenoxy) is 1. The zero-order valence-electron chi connectivity index (χ0n) is 8.98.